The highest BCUT2D eigenvalue weighted by Gasteiger charge is 2.09. The van der Waals surface area contributed by atoms with Crippen LogP contribution in [0.1, 0.15) is 5.56 Å². The minimum absolute atomic E-state index is 0.287. The van der Waals surface area contributed by atoms with Gasteiger partial charge in [-0.2, -0.15) is 0 Å². The SMILES string of the molecule is COc1ccc(CNC(=O)Nc2cccc(-c3nc4ccccc4o3)c2)cc1. The third-order valence-electron chi connectivity index (χ3n) is 4.27. The number of para-hydroxylation sites is 2. The highest BCUT2D eigenvalue weighted by Crippen LogP contribution is 2.26. The molecule has 0 atom stereocenters. The fourth-order valence-electron chi connectivity index (χ4n) is 2.83. The van der Waals surface area contributed by atoms with Gasteiger partial charge in [0.1, 0.15) is 11.3 Å². The van der Waals surface area contributed by atoms with E-state index in [1.807, 2.05) is 72.8 Å². The molecule has 0 saturated heterocycles. The second-order valence-corrected chi connectivity index (χ2v) is 6.22. The highest BCUT2D eigenvalue weighted by molar-refractivity contribution is 5.90. The van der Waals surface area contributed by atoms with E-state index in [1.54, 1.807) is 7.11 Å². The topological polar surface area (TPSA) is 76.4 Å². The Kier molecular flexibility index (Phi) is 4.93. The number of methoxy groups -OCH3 is 1. The lowest BCUT2D eigenvalue weighted by molar-refractivity contribution is 0.251. The first-order chi connectivity index (χ1) is 13.7. The van der Waals surface area contributed by atoms with Crippen LogP contribution in [0.4, 0.5) is 10.5 Å². The molecule has 3 aromatic carbocycles. The zero-order valence-corrected chi connectivity index (χ0v) is 15.3. The molecule has 1 heterocycles. The lowest BCUT2D eigenvalue weighted by atomic mass is 10.2. The Morgan fingerprint density at radius 3 is 2.64 bits per heavy atom. The van der Waals surface area contributed by atoms with Crippen LogP contribution in [0.5, 0.6) is 5.75 Å². The number of nitrogens with one attached hydrogen (secondary N) is 2. The molecule has 0 fully saturated rings. The molecule has 0 bridgehead atoms. The molecule has 1 aromatic heterocycles. The van der Waals surface area contributed by atoms with Gasteiger partial charge in [0.2, 0.25) is 5.89 Å². The predicted octanol–water partition coefficient (Wildman–Crippen LogP) is 4.83. The Morgan fingerprint density at radius 2 is 1.86 bits per heavy atom. The standard InChI is InChI=1S/C22H19N3O3/c1-27-18-11-9-15(10-12-18)14-23-22(26)24-17-6-4-5-16(13-17)21-25-19-7-2-3-8-20(19)28-21/h2-13H,14H2,1H3,(H2,23,24,26). The third-order valence-corrected chi connectivity index (χ3v) is 4.27. The largest absolute Gasteiger partial charge is 0.497 e. The molecule has 4 aromatic rings. The lowest BCUT2D eigenvalue weighted by Crippen LogP contribution is -2.28. The third kappa shape index (κ3) is 3.96. The minimum atomic E-state index is -0.287. The average molecular weight is 373 g/mol. The van der Waals surface area contributed by atoms with Crippen LogP contribution in [0.3, 0.4) is 0 Å². The minimum Gasteiger partial charge on any atom is -0.497 e. The number of ether oxygens (including phenoxy) is 1. The zero-order chi connectivity index (χ0) is 19.3. The molecule has 0 saturated carbocycles. The number of hydrogen-bond donors (Lipinski definition) is 2. The summed E-state index contributed by atoms with van der Waals surface area (Å²) in [6.07, 6.45) is 0. The molecule has 0 unspecified atom stereocenters. The second kappa shape index (κ2) is 7.84. The summed E-state index contributed by atoms with van der Waals surface area (Å²) in [4.78, 5) is 16.7. The summed E-state index contributed by atoms with van der Waals surface area (Å²) < 4.78 is 10.9. The molecule has 0 aliphatic rings. The molecular formula is C22H19N3O3. The molecule has 6 heteroatoms. The van der Waals surface area contributed by atoms with E-state index in [4.69, 9.17) is 9.15 Å². The molecule has 6 nitrogen and oxygen atoms in total. The molecule has 4 rings (SSSR count). The quantitative estimate of drug-likeness (QED) is 0.526. The number of rotatable bonds is 5. The van der Waals surface area contributed by atoms with E-state index < -0.39 is 0 Å². The number of amides is 2. The van der Waals surface area contributed by atoms with Crippen LogP contribution in [-0.4, -0.2) is 18.1 Å². The van der Waals surface area contributed by atoms with Crippen molar-refractivity contribution in [1.29, 1.82) is 0 Å². The number of benzene rings is 3. The number of carbonyl (C=O) groups is 1. The van der Waals surface area contributed by atoms with Gasteiger partial charge in [0.15, 0.2) is 5.58 Å². The normalized spacial score (nSPS) is 10.6. The summed E-state index contributed by atoms with van der Waals surface area (Å²) >= 11 is 0. The maximum Gasteiger partial charge on any atom is 0.319 e. The molecule has 0 aliphatic heterocycles. The lowest BCUT2D eigenvalue weighted by Gasteiger charge is -2.09. The number of urea groups is 1. The maximum atomic E-state index is 12.2. The Hall–Kier alpha value is -3.80. The zero-order valence-electron chi connectivity index (χ0n) is 15.3. The summed E-state index contributed by atoms with van der Waals surface area (Å²) in [5.41, 5.74) is 3.97. The summed E-state index contributed by atoms with van der Waals surface area (Å²) in [6, 6.07) is 22.2. The number of oxazole rings is 1. The van der Waals surface area contributed by atoms with Gasteiger partial charge in [0, 0.05) is 17.8 Å². The van der Waals surface area contributed by atoms with Crippen LogP contribution in [0, 0.1) is 0 Å². The van der Waals surface area contributed by atoms with E-state index >= 15 is 0 Å². The highest BCUT2D eigenvalue weighted by atomic mass is 16.5. The van der Waals surface area contributed by atoms with Gasteiger partial charge in [0.25, 0.3) is 0 Å². The molecule has 0 aliphatic carbocycles. The first-order valence-electron chi connectivity index (χ1n) is 8.85. The van der Waals surface area contributed by atoms with E-state index in [1.165, 1.54) is 0 Å². The van der Waals surface area contributed by atoms with Gasteiger partial charge < -0.3 is 19.8 Å². The van der Waals surface area contributed by atoms with Gasteiger partial charge in [-0.1, -0.05) is 30.3 Å². The van der Waals surface area contributed by atoms with Gasteiger partial charge >= 0.3 is 6.03 Å². The number of aromatic nitrogens is 1. The van der Waals surface area contributed by atoms with Crippen LogP contribution in [0.25, 0.3) is 22.6 Å². The number of hydrogen-bond acceptors (Lipinski definition) is 4. The summed E-state index contributed by atoms with van der Waals surface area (Å²) in [7, 11) is 1.62. The molecule has 2 amide bonds. The maximum absolute atomic E-state index is 12.2. The molecule has 28 heavy (non-hydrogen) atoms. The van der Waals surface area contributed by atoms with Crippen molar-refractivity contribution in [3.8, 4) is 17.2 Å². The van der Waals surface area contributed by atoms with Gasteiger partial charge in [-0.05, 0) is 48.0 Å². The van der Waals surface area contributed by atoms with E-state index in [0.717, 1.165) is 28.0 Å². The number of carbonyl (C=O) groups excluding carboxylic acids is 1. The average Bonchev–Trinajstić information content (AvgIpc) is 3.17. The van der Waals surface area contributed by atoms with Crippen molar-refractivity contribution >= 4 is 22.8 Å². The number of nitrogens with zero attached hydrogens (tertiary/aromatic N) is 1. The van der Waals surface area contributed by atoms with E-state index in [-0.39, 0.29) is 6.03 Å². The number of anilines is 1. The monoisotopic (exact) mass is 373 g/mol. The summed E-state index contributed by atoms with van der Waals surface area (Å²) in [5, 5.41) is 5.67. The van der Waals surface area contributed by atoms with Crippen LogP contribution in [0.2, 0.25) is 0 Å². The first-order valence-corrected chi connectivity index (χ1v) is 8.85. The fourth-order valence-corrected chi connectivity index (χ4v) is 2.83. The number of fused-ring (bicyclic) bond motifs is 1. The summed E-state index contributed by atoms with van der Waals surface area (Å²) in [6.45, 7) is 0.417. The molecule has 0 radical (unpaired) electrons. The summed E-state index contributed by atoms with van der Waals surface area (Å²) in [5.74, 6) is 1.30. The van der Waals surface area contributed by atoms with Crippen molar-refractivity contribution in [2.75, 3.05) is 12.4 Å². The van der Waals surface area contributed by atoms with Crippen molar-refractivity contribution < 1.29 is 13.9 Å². The van der Waals surface area contributed by atoms with Crippen molar-refractivity contribution in [2.45, 2.75) is 6.54 Å². The van der Waals surface area contributed by atoms with Gasteiger partial charge in [-0.3, -0.25) is 0 Å². The van der Waals surface area contributed by atoms with Crippen LogP contribution in [-0.2, 0) is 6.54 Å². The van der Waals surface area contributed by atoms with Crippen molar-refractivity contribution in [3.05, 3.63) is 78.4 Å². The Labute approximate surface area is 162 Å². The van der Waals surface area contributed by atoms with E-state index in [9.17, 15) is 4.79 Å². The predicted molar refractivity (Wildman–Crippen MR) is 108 cm³/mol. The Balaban J connectivity index is 1.41. The van der Waals surface area contributed by atoms with Gasteiger partial charge in [0.05, 0.1) is 7.11 Å². The van der Waals surface area contributed by atoms with Crippen LogP contribution in [0.15, 0.2) is 77.2 Å². The Morgan fingerprint density at radius 1 is 1.04 bits per heavy atom. The molecule has 2 N–H and O–H groups in total. The van der Waals surface area contributed by atoms with Gasteiger partial charge in [-0.15, -0.1) is 0 Å². The van der Waals surface area contributed by atoms with Crippen molar-refractivity contribution in [3.63, 3.8) is 0 Å². The molecule has 140 valence electrons. The molecule has 0 spiro atoms. The first kappa shape index (κ1) is 17.6. The second-order valence-electron chi connectivity index (χ2n) is 6.22. The Bertz CT molecular complexity index is 1070. The van der Waals surface area contributed by atoms with Crippen LogP contribution >= 0.6 is 0 Å². The van der Waals surface area contributed by atoms with Crippen LogP contribution < -0.4 is 15.4 Å². The smallest absolute Gasteiger partial charge is 0.319 e. The van der Waals surface area contributed by atoms with Crippen molar-refractivity contribution in [2.24, 2.45) is 0 Å². The van der Waals surface area contributed by atoms with Crippen molar-refractivity contribution in [1.82, 2.24) is 10.3 Å². The van der Waals surface area contributed by atoms with E-state index in [2.05, 4.69) is 15.6 Å². The molecular weight excluding hydrogens is 354 g/mol. The van der Waals surface area contributed by atoms with E-state index in [0.29, 0.717) is 18.1 Å². The fraction of sp³-hybridized carbons (Fsp3) is 0.0909. The van der Waals surface area contributed by atoms with Gasteiger partial charge in [-0.25, -0.2) is 9.78 Å².